The van der Waals surface area contributed by atoms with E-state index in [1.807, 2.05) is 0 Å². The molecule has 14 heavy (non-hydrogen) atoms. The van der Waals surface area contributed by atoms with Gasteiger partial charge in [-0.15, -0.1) is 0 Å². The van der Waals surface area contributed by atoms with Gasteiger partial charge in [0.2, 0.25) is 0 Å². The number of ether oxygens (including phenoxy) is 1. The Morgan fingerprint density at radius 3 is 2.57 bits per heavy atom. The zero-order chi connectivity index (χ0) is 10.6. The van der Waals surface area contributed by atoms with Crippen LogP contribution in [0.5, 0.6) is 0 Å². The molecule has 0 spiro atoms. The van der Waals surface area contributed by atoms with E-state index in [1.165, 1.54) is 0 Å². The van der Waals surface area contributed by atoms with E-state index in [0.717, 1.165) is 12.8 Å². The second-order valence-corrected chi connectivity index (χ2v) is 4.65. The first-order valence-corrected chi connectivity index (χ1v) is 6.01. The molecule has 0 heterocycles. The highest BCUT2D eigenvalue weighted by Gasteiger charge is 2.30. The fraction of sp³-hybridized carbons (Fsp3) is 0.900. The average molecular weight is 267 g/mol. The normalized spacial score (nSPS) is 29.6. The van der Waals surface area contributed by atoms with Gasteiger partial charge in [-0.1, -0.05) is 15.9 Å². The third kappa shape index (κ3) is 3.23. The van der Waals surface area contributed by atoms with E-state index < -0.39 is 6.17 Å². The minimum Gasteiger partial charge on any atom is -0.465 e. The highest BCUT2D eigenvalue weighted by molar-refractivity contribution is 9.10. The van der Waals surface area contributed by atoms with E-state index in [-0.39, 0.29) is 16.7 Å². The molecule has 0 aromatic heterocycles. The Bertz CT molecular complexity index is 191. The summed E-state index contributed by atoms with van der Waals surface area (Å²) in [6.45, 7) is 2.19. The predicted molar refractivity (Wildman–Crippen MR) is 56.2 cm³/mol. The first-order chi connectivity index (χ1) is 6.65. The Labute approximate surface area is 92.3 Å². The largest absolute Gasteiger partial charge is 0.465 e. The van der Waals surface area contributed by atoms with Gasteiger partial charge < -0.3 is 4.74 Å². The second kappa shape index (κ2) is 5.69. The van der Waals surface area contributed by atoms with E-state index in [9.17, 15) is 9.18 Å². The summed E-state index contributed by atoms with van der Waals surface area (Å²) in [6, 6.07) is 0. The molecule has 0 saturated heterocycles. The molecule has 0 aromatic carbocycles. The summed E-state index contributed by atoms with van der Waals surface area (Å²) in [5.41, 5.74) is 0. The van der Waals surface area contributed by atoms with Crippen molar-refractivity contribution in [1.29, 1.82) is 0 Å². The van der Waals surface area contributed by atoms with Gasteiger partial charge in [0.1, 0.15) is 11.0 Å². The Kier molecular flexibility index (Phi) is 4.85. The Morgan fingerprint density at radius 2 is 2.07 bits per heavy atom. The zero-order valence-corrected chi connectivity index (χ0v) is 9.93. The van der Waals surface area contributed by atoms with Crippen LogP contribution in [0.4, 0.5) is 4.39 Å². The third-order valence-corrected chi connectivity index (χ3v) is 3.75. The molecule has 2 nitrogen and oxygen atoms in total. The van der Waals surface area contributed by atoms with Gasteiger partial charge in [0, 0.05) is 0 Å². The third-order valence-electron chi connectivity index (χ3n) is 2.63. The number of carbonyl (C=O) groups excluding carboxylic acids is 1. The Balaban J connectivity index is 2.37. The van der Waals surface area contributed by atoms with Gasteiger partial charge in [-0.2, -0.15) is 0 Å². The van der Waals surface area contributed by atoms with E-state index >= 15 is 0 Å². The van der Waals surface area contributed by atoms with Crippen molar-refractivity contribution in [1.82, 2.24) is 0 Å². The van der Waals surface area contributed by atoms with Crippen LogP contribution in [0.1, 0.15) is 32.6 Å². The van der Waals surface area contributed by atoms with Gasteiger partial charge in [-0.3, -0.25) is 4.79 Å². The fourth-order valence-corrected chi connectivity index (χ4v) is 2.45. The highest BCUT2D eigenvalue weighted by Crippen LogP contribution is 2.32. The number of rotatable bonds is 3. The molecule has 1 unspecified atom stereocenters. The summed E-state index contributed by atoms with van der Waals surface area (Å²) >= 11 is 3.33. The predicted octanol–water partition coefficient (Wildman–Crippen LogP) is 2.84. The van der Waals surface area contributed by atoms with Gasteiger partial charge in [-0.25, -0.2) is 4.39 Å². The minimum atomic E-state index is -0.673. The van der Waals surface area contributed by atoms with Crippen molar-refractivity contribution in [3.05, 3.63) is 0 Å². The molecule has 0 bridgehead atoms. The van der Waals surface area contributed by atoms with Crippen LogP contribution >= 0.6 is 15.9 Å². The lowest BCUT2D eigenvalue weighted by Crippen LogP contribution is -2.29. The van der Waals surface area contributed by atoms with Crippen LogP contribution in [0.15, 0.2) is 0 Å². The molecule has 1 saturated carbocycles. The number of alkyl halides is 2. The van der Waals surface area contributed by atoms with E-state index in [0.29, 0.717) is 19.4 Å². The van der Waals surface area contributed by atoms with Crippen molar-refractivity contribution in [3.8, 4) is 0 Å². The van der Waals surface area contributed by atoms with Gasteiger partial charge in [0.15, 0.2) is 0 Å². The van der Waals surface area contributed by atoms with Crippen molar-refractivity contribution in [2.24, 2.45) is 5.92 Å². The Hall–Kier alpha value is -0.120. The molecular formula is C10H16BrFO2. The molecule has 4 heteroatoms. The lowest BCUT2D eigenvalue weighted by Gasteiger charge is -2.26. The SMILES string of the molecule is CCOC(=O)C(Br)C1CCC(F)CC1. The standard InChI is InChI=1S/C10H16BrFO2/c1-2-14-10(13)9(11)7-3-5-8(12)6-4-7/h7-9H,2-6H2,1H3. The molecule has 0 radical (unpaired) electrons. The summed E-state index contributed by atoms with van der Waals surface area (Å²) in [5, 5.41) is 0. The molecule has 0 N–H and O–H groups in total. The van der Waals surface area contributed by atoms with Crippen molar-refractivity contribution < 1.29 is 13.9 Å². The topological polar surface area (TPSA) is 26.3 Å². The van der Waals surface area contributed by atoms with Gasteiger partial charge >= 0.3 is 5.97 Å². The molecule has 1 aliphatic carbocycles. The highest BCUT2D eigenvalue weighted by atomic mass is 79.9. The summed E-state index contributed by atoms with van der Waals surface area (Å²) < 4.78 is 17.7. The summed E-state index contributed by atoms with van der Waals surface area (Å²) in [4.78, 5) is 11.1. The molecule has 0 aromatic rings. The molecule has 0 aliphatic heterocycles. The van der Waals surface area contributed by atoms with Crippen LogP contribution in [0.2, 0.25) is 0 Å². The average Bonchev–Trinajstić information content (AvgIpc) is 2.18. The number of halogens is 2. The van der Waals surface area contributed by atoms with Crippen molar-refractivity contribution >= 4 is 21.9 Å². The van der Waals surface area contributed by atoms with Crippen LogP contribution in [0.3, 0.4) is 0 Å². The molecule has 1 rings (SSSR count). The molecule has 1 atom stereocenters. The molecule has 82 valence electrons. The molecule has 1 fully saturated rings. The maximum absolute atomic E-state index is 12.8. The molecule has 1 aliphatic rings. The molecular weight excluding hydrogens is 251 g/mol. The number of esters is 1. The van der Waals surface area contributed by atoms with Crippen LogP contribution < -0.4 is 0 Å². The number of carbonyl (C=O) groups is 1. The smallest absolute Gasteiger partial charge is 0.319 e. The van der Waals surface area contributed by atoms with E-state index in [1.54, 1.807) is 6.92 Å². The van der Waals surface area contributed by atoms with Crippen LogP contribution in [0.25, 0.3) is 0 Å². The summed E-state index contributed by atoms with van der Waals surface area (Å²) in [5.74, 6) is 0.0239. The maximum Gasteiger partial charge on any atom is 0.319 e. The second-order valence-electron chi connectivity index (χ2n) is 3.67. The fourth-order valence-electron chi connectivity index (χ4n) is 1.79. The monoisotopic (exact) mass is 266 g/mol. The van der Waals surface area contributed by atoms with Crippen LogP contribution in [-0.2, 0) is 9.53 Å². The quantitative estimate of drug-likeness (QED) is 0.580. The minimum absolute atomic E-state index is 0.213. The summed E-state index contributed by atoms with van der Waals surface area (Å²) in [6.07, 6.45) is 2.03. The maximum atomic E-state index is 12.8. The van der Waals surface area contributed by atoms with Crippen LogP contribution in [0, 0.1) is 5.92 Å². The van der Waals surface area contributed by atoms with Crippen molar-refractivity contribution in [2.45, 2.75) is 43.6 Å². The number of hydrogen-bond acceptors (Lipinski definition) is 2. The lowest BCUT2D eigenvalue weighted by molar-refractivity contribution is -0.143. The van der Waals surface area contributed by atoms with E-state index in [4.69, 9.17) is 4.74 Å². The summed E-state index contributed by atoms with van der Waals surface area (Å²) in [7, 11) is 0. The van der Waals surface area contributed by atoms with Gasteiger partial charge in [0.25, 0.3) is 0 Å². The van der Waals surface area contributed by atoms with Crippen LogP contribution in [-0.4, -0.2) is 23.6 Å². The molecule has 0 amide bonds. The first kappa shape index (κ1) is 12.0. The van der Waals surface area contributed by atoms with Gasteiger partial charge in [-0.05, 0) is 38.5 Å². The first-order valence-electron chi connectivity index (χ1n) is 5.10. The number of hydrogen-bond donors (Lipinski definition) is 0. The van der Waals surface area contributed by atoms with Crippen molar-refractivity contribution in [3.63, 3.8) is 0 Å². The Morgan fingerprint density at radius 1 is 1.50 bits per heavy atom. The van der Waals surface area contributed by atoms with Gasteiger partial charge in [0.05, 0.1) is 6.61 Å². The van der Waals surface area contributed by atoms with E-state index in [2.05, 4.69) is 15.9 Å². The zero-order valence-electron chi connectivity index (χ0n) is 8.34. The van der Waals surface area contributed by atoms with Crippen molar-refractivity contribution in [2.75, 3.05) is 6.61 Å². The lowest BCUT2D eigenvalue weighted by atomic mass is 9.86.